The molecule has 3 amide bonds. The lowest BCUT2D eigenvalue weighted by Crippen LogP contribution is -2.39. The van der Waals surface area contributed by atoms with Crippen molar-refractivity contribution >= 4 is 27.6 Å². The number of amides is 3. The quantitative estimate of drug-likeness (QED) is 0.517. The molecule has 1 rings (SSSR count). The number of anilines is 1. The summed E-state index contributed by atoms with van der Waals surface area (Å²) in [5, 5.41) is 5.09. The van der Waals surface area contributed by atoms with Gasteiger partial charge in [-0.15, -0.1) is 0 Å². The van der Waals surface area contributed by atoms with Crippen LogP contribution in [0.3, 0.4) is 0 Å². The summed E-state index contributed by atoms with van der Waals surface area (Å²) in [6.07, 6.45) is 3.10. The normalized spacial score (nSPS) is 10.6. The van der Waals surface area contributed by atoms with Gasteiger partial charge >= 0.3 is 6.03 Å². The van der Waals surface area contributed by atoms with E-state index in [4.69, 9.17) is 0 Å². The second-order valence-corrected chi connectivity index (χ2v) is 7.13. The Hall–Kier alpha value is -2.35. The number of hydrogen-bond acceptors (Lipinski definition) is 4. The van der Waals surface area contributed by atoms with Crippen molar-refractivity contribution in [2.45, 2.75) is 38.5 Å². The Morgan fingerprint density at radius 2 is 1.75 bits per heavy atom. The monoisotopic (exact) mass is 353 g/mol. The number of urea groups is 1. The summed E-state index contributed by atoms with van der Waals surface area (Å²) in [6.45, 7) is 5.97. The molecule has 0 unspecified atom stereocenters. The zero-order chi connectivity index (χ0) is 18.2. The minimum atomic E-state index is -3.95. The lowest BCUT2D eigenvalue weighted by molar-refractivity contribution is -0.111. The lowest BCUT2D eigenvalue weighted by Gasteiger charge is -2.09. The fourth-order valence-electron chi connectivity index (χ4n) is 1.75. The van der Waals surface area contributed by atoms with Crippen molar-refractivity contribution in [1.82, 2.24) is 10.0 Å². The molecule has 3 N–H and O–H groups in total. The number of carbonyl (C=O) groups is 2. The highest BCUT2D eigenvalue weighted by molar-refractivity contribution is 7.90. The van der Waals surface area contributed by atoms with Crippen LogP contribution in [0.2, 0.25) is 0 Å². The first-order chi connectivity index (χ1) is 11.2. The van der Waals surface area contributed by atoms with Crippen LogP contribution in [0.5, 0.6) is 0 Å². The largest absolute Gasteiger partial charge is 0.337 e. The predicted octanol–water partition coefficient (Wildman–Crippen LogP) is 2.38. The van der Waals surface area contributed by atoms with Gasteiger partial charge in [0.05, 0.1) is 4.90 Å². The first kappa shape index (κ1) is 19.7. The highest BCUT2D eigenvalue weighted by atomic mass is 32.2. The summed E-state index contributed by atoms with van der Waals surface area (Å²) in [5.41, 5.74) is 1.31. The molecule has 24 heavy (non-hydrogen) atoms. The maximum absolute atomic E-state index is 12.1. The van der Waals surface area contributed by atoms with Crippen LogP contribution in [0.4, 0.5) is 10.5 Å². The highest BCUT2D eigenvalue weighted by Crippen LogP contribution is 2.14. The van der Waals surface area contributed by atoms with Crippen molar-refractivity contribution in [3.63, 3.8) is 0 Å². The third-order valence-electron chi connectivity index (χ3n) is 2.89. The van der Waals surface area contributed by atoms with E-state index in [1.165, 1.54) is 30.3 Å². The van der Waals surface area contributed by atoms with Crippen molar-refractivity contribution < 1.29 is 18.0 Å². The average molecular weight is 353 g/mol. The van der Waals surface area contributed by atoms with Crippen molar-refractivity contribution in [2.24, 2.45) is 0 Å². The first-order valence-electron chi connectivity index (χ1n) is 7.61. The zero-order valence-corrected chi connectivity index (χ0v) is 14.9. The van der Waals surface area contributed by atoms with Crippen LogP contribution in [-0.2, 0) is 14.8 Å². The molecule has 0 saturated heterocycles. The molecule has 0 radical (unpaired) electrons. The molecule has 0 aromatic heterocycles. The highest BCUT2D eigenvalue weighted by Gasteiger charge is 2.17. The lowest BCUT2D eigenvalue weighted by atomic mass is 10.3. The Morgan fingerprint density at radius 1 is 1.12 bits per heavy atom. The molecule has 0 aliphatic carbocycles. The average Bonchev–Trinajstić information content (AvgIpc) is 2.46. The molecule has 0 atom stereocenters. The van der Waals surface area contributed by atoms with Crippen LogP contribution >= 0.6 is 0 Å². The molecule has 0 saturated carbocycles. The van der Waals surface area contributed by atoms with Gasteiger partial charge in [0.15, 0.2) is 0 Å². The molecule has 1 aromatic rings. The molecule has 0 spiro atoms. The first-order valence-corrected chi connectivity index (χ1v) is 9.09. The zero-order valence-electron chi connectivity index (χ0n) is 14.0. The number of unbranched alkanes of at least 4 members (excludes halogenated alkanes) is 1. The minimum absolute atomic E-state index is 0.0617. The van der Waals surface area contributed by atoms with E-state index < -0.39 is 16.1 Å². The third kappa shape index (κ3) is 6.82. The fourth-order valence-corrected chi connectivity index (χ4v) is 2.68. The van der Waals surface area contributed by atoms with E-state index in [-0.39, 0.29) is 10.8 Å². The minimum Gasteiger partial charge on any atom is -0.337 e. The van der Waals surface area contributed by atoms with E-state index in [1.54, 1.807) is 13.8 Å². The third-order valence-corrected chi connectivity index (χ3v) is 4.24. The van der Waals surface area contributed by atoms with Crippen molar-refractivity contribution in [2.75, 3.05) is 11.9 Å². The smallest absolute Gasteiger partial charge is 0.328 e. The van der Waals surface area contributed by atoms with Crippen LogP contribution in [0.15, 0.2) is 40.8 Å². The molecular formula is C16H23N3O4S. The van der Waals surface area contributed by atoms with E-state index in [0.29, 0.717) is 12.2 Å². The second-order valence-electron chi connectivity index (χ2n) is 5.45. The van der Waals surface area contributed by atoms with Crippen LogP contribution in [0, 0.1) is 0 Å². The van der Waals surface area contributed by atoms with Gasteiger partial charge in [0.25, 0.3) is 10.0 Å². The van der Waals surface area contributed by atoms with Crippen LogP contribution < -0.4 is 15.4 Å². The number of carbonyl (C=O) groups excluding carboxylic acids is 2. The van der Waals surface area contributed by atoms with E-state index >= 15 is 0 Å². The molecule has 0 heterocycles. The molecule has 0 aliphatic rings. The Labute approximate surface area is 142 Å². The Kier molecular flexibility index (Phi) is 7.44. The Balaban J connectivity index is 2.71. The number of rotatable bonds is 7. The molecule has 0 bridgehead atoms. The van der Waals surface area contributed by atoms with Crippen LogP contribution in [-0.4, -0.2) is 26.9 Å². The van der Waals surface area contributed by atoms with Crippen LogP contribution in [0.1, 0.15) is 33.6 Å². The van der Waals surface area contributed by atoms with Crippen LogP contribution in [0.25, 0.3) is 0 Å². The van der Waals surface area contributed by atoms with Gasteiger partial charge in [0.1, 0.15) is 0 Å². The van der Waals surface area contributed by atoms with Crippen molar-refractivity contribution in [1.29, 1.82) is 0 Å². The molecule has 1 aromatic carbocycles. The molecule has 0 aliphatic heterocycles. The van der Waals surface area contributed by atoms with Gasteiger partial charge < -0.3 is 10.6 Å². The van der Waals surface area contributed by atoms with Gasteiger partial charge in [-0.05, 0) is 44.5 Å². The van der Waals surface area contributed by atoms with E-state index in [9.17, 15) is 18.0 Å². The number of hydrogen-bond donors (Lipinski definition) is 3. The Morgan fingerprint density at radius 3 is 2.29 bits per heavy atom. The van der Waals surface area contributed by atoms with Gasteiger partial charge in [-0.1, -0.05) is 18.9 Å². The van der Waals surface area contributed by atoms with Gasteiger partial charge in [0, 0.05) is 18.3 Å². The predicted molar refractivity (Wildman–Crippen MR) is 93.1 cm³/mol. The number of nitrogens with one attached hydrogen (secondary N) is 3. The molecular weight excluding hydrogens is 330 g/mol. The summed E-state index contributed by atoms with van der Waals surface area (Å²) in [4.78, 5) is 23.1. The molecule has 8 heteroatoms. The summed E-state index contributed by atoms with van der Waals surface area (Å²) in [6, 6.07) is 4.80. The topological polar surface area (TPSA) is 104 Å². The summed E-state index contributed by atoms with van der Waals surface area (Å²) in [5.74, 6) is -0.293. The maximum Gasteiger partial charge on any atom is 0.328 e. The Bertz CT molecular complexity index is 705. The standard InChI is InChI=1S/C16H23N3O4S/c1-4-5-10-17-16(21)19-24(22,23)14-8-6-13(7-9-14)18-15(20)11-12(2)3/h6-9,11H,4-5,10H2,1-3H3,(H,18,20)(H2,17,19,21). The summed E-state index contributed by atoms with van der Waals surface area (Å²) in [7, 11) is -3.95. The second kappa shape index (κ2) is 9.07. The molecule has 7 nitrogen and oxygen atoms in total. The van der Waals surface area contributed by atoms with Gasteiger partial charge in [-0.25, -0.2) is 17.9 Å². The summed E-state index contributed by atoms with van der Waals surface area (Å²) >= 11 is 0. The molecule has 132 valence electrons. The van der Waals surface area contributed by atoms with Crippen molar-refractivity contribution in [3.8, 4) is 0 Å². The summed E-state index contributed by atoms with van der Waals surface area (Å²) < 4.78 is 26.1. The number of benzene rings is 1. The van der Waals surface area contributed by atoms with E-state index in [0.717, 1.165) is 18.4 Å². The fraction of sp³-hybridized carbons (Fsp3) is 0.375. The SMILES string of the molecule is CCCCNC(=O)NS(=O)(=O)c1ccc(NC(=O)C=C(C)C)cc1. The van der Waals surface area contributed by atoms with Crippen molar-refractivity contribution in [3.05, 3.63) is 35.9 Å². The number of allylic oxidation sites excluding steroid dienone is 1. The van der Waals surface area contributed by atoms with Gasteiger partial charge in [0.2, 0.25) is 5.91 Å². The van der Waals surface area contributed by atoms with E-state index in [1.807, 2.05) is 11.6 Å². The van der Waals surface area contributed by atoms with Gasteiger partial charge in [-0.3, -0.25) is 4.79 Å². The van der Waals surface area contributed by atoms with Gasteiger partial charge in [-0.2, -0.15) is 0 Å². The molecule has 0 fully saturated rings. The van der Waals surface area contributed by atoms with E-state index in [2.05, 4.69) is 10.6 Å². The number of sulfonamides is 1. The maximum atomic E-state index is 12.1.